The van der Waals surface area contributed by atoms with Crippen LogP contribution in [-0.2, 0) is 29.8 Å². The van der Waals surface area contributed by atoms with Gasteiger partial charge in [0.05, 0.1) is 35.8 Å². The van der Waals surface area contributed by atoms with Gasteiger partial charge in [-0.1, -0.05) is 18.2 Å². The Morgan fingerprint density at radius 3 is 2.57 bits per heavy atom. The van der Waals surface area contributed by atoms with Gasteiger partial charge in [0.25, 0.3) is 0 Å². The molecule has 0 saturated heterocycles. The Morgan fingerprint density at radius 1 is 1.20 bits per heavy atom. The van der Waals surface area contributed by atoms with Gasteiger partial charge in [-0.15, -0.1) is 0 Å². The average molecular weight is 506 g/mol. The summed E-state index contributed by atoms with van der Waals surface area (Å²) in [6, 6.07) is 5.96. The first-order chi connectivity index (χ1) is 16.4. The average Bonchev–Trinajstić information content (AvgIpc) is 2.79. The molecule has 0 radical (unpaired) electrons. The lowest BCUT2D eigenvalue weighted by Gasteiger charge is -2.24. The molecule has 0 spiro atoms. The third-order valence-electron chi connectivity index (χ3n) is 6.36. The zero-order chi connectivity index (χ0) is 25.5. The predicted molar refractivity (Wildman–Crippen MR) is 128 cm³/mol. The van der Waals surface area contributed by atoms with Crippen molar-refractivity contribution in [2.24, 2.45) is 12.0 Å². The molecular formula is C24H26F3N5O2S. The molecule has 0 aliphatic carbocycles. The lowest BCUT2D eigenvalue weighted by atomic mass is 10.0. The number of sulfonamides is 1. The molecule has 186 valence electrons. The number of aromatic nitrogens is 3. The number of alkyl halides is 3. The van der Waals surface area contributed by atoms with E-state index in [-0.39, 0.29) is 18.7 Å². The standard InChI is InChI=1S/C24H26F3N5O2S/c1-15-18(6-5-7-20(15)24(25,26)27)13-29-23-19-12-21(28-14-22(19)31(3)16(2)30-23)17-8-10-32(11-9-17)35(4,33)34/h5-8,12,14H,9-11,13H2,1-4H3/b29-23-. The van der Waals surface area contributed by atoms with E-state index in [9.17, 15) is 21.6 Å². The van der Waals surface area contributed by atoms with Crippen LogP contribution in [0.1, 0.15) is 34.6 Å². The van der Waals surface area contributed by atoms with Crippen LogP contribution in [0.5, 0.6) is 0 Å². The number of hydrogen-bond acceptors (Lipinski definition) is 5. The van der Waals surface area contributed by atoms with Crippen LogP contribution in [0.25, 0.3) is 16.5 Å². The quantitative estimate of drug-likeness (QED) is 0.541. The summed E-state index contributed by atoms with van der Waals surface area (Å²) in [5.41, 5.74) is 2.79. The van der Waals surface area contributed by atoms with Crippen LogP contribution < -0.4 is 5.49 Å². The van der Waals surface area contributed by atoms with Gasteiger partial charge in [-0.3, -0.25) is 9.98 Å². The molecule has 2 aromatic heterocycles. The highest BCUT2D eigenvalue weighted by molar-refractivity contribution is 7.88. The maximum absolute atomic E-state index is 13.3. The van der Waals surface area contributed by atoms with E-state index in [1.807, 2.05) is 30.7 Å². The molecule has 1 aromatic carbocycles. The van der Waals surface area contributed by atoms with Gasteiger partial charge < -0.3 is 4.57 Å². The van der Waals surface area contributed by atoms with Crippen molar-refractivity contribution in [1.29, 1.82) is 0 Å². The van der Waals surface area contributed by atoms with Gasteiger partial charge in [-0.05, 0) is 49.1 Å². The fourth-order valence-electron chi connectivity index (χ4n) is 4.16. The summed E-state index contributed by atoms with van der Waals surface area (Å²) in [4.78, 5) is 13.8. The number of fused-ring (bicyclic) bond motifs is 1. The monoisotopic (exact) mass is 505 g/mol. The minimum Gasteiger partial charge on any atom is -0.331 e. The fraction of sp³-hybridized carbons (Fsp3) is 0.375. The van der Waals surface area contributed by atoms with Gasteiger partial charge in [-0.25, -0.2) is 13.4 Å². The molecule has 0 bridgehead atoms. The molecular weight excluding hydrogens is 479 g/mol. The van der Waals surface area contributed by atoms with Crippen LogP contribution in [0.15, 0.2) is 41.5 Å². The maximum atomic E-state index is 13.3. The molecule has 0 N–H and O–H groups in total. The molecule has 0 fully saturated rings. The molecule has 7 nitrogen and oxygen atoms in total. The Kier molecular flexibility index (Phi) is 6.58. The summed E-state index contributed by atoms with van der Waals surface area (Å²) in [5.74, 6) is 0.687. The summed E-state index contributed by atoms with van der Waals surface area (Å²) < 4.78 is 66.8. The molecule has 3 aromatic rings. The van der Waals surface area contributed by atoms with Crippen LogP contribution in [-0.4, -0.2) is 46.6 Å². The van der Waals surface area contributed by atoms with E-state index < -0.39 is 21.8 Å². The third kappa shape index (κ3) is 5.15. The molecule has 4 rings (SSSR count). The number of halogens is 3. The van der Waals surface area contributed by atoms with Gasteiger partial charge >= 0.3 is 6.18 Å². The number of benzene rings is 1. The highest BCUT2D eigenvalue weighted by Crippen LogP contribution is 2.33. The first-order valence-electron chi connectivity index (χ1n) is 11.0. The highest BCUT2D eigenvalue weighted by atomic mass is 32.2. The van der Waals surface area contributed by atoms with Gasteiger partial charge in [-0.2, -0.15) is 17.5 Å². The Balaban J connectivity index is 1.77. The van der Waals surface area contributed by atoms with Crippen LogP contribution in [0, 0.1) is 13.8 Å². The zero-order valence-electron chi connectivity index (χ0n) is 19.9. The summed E-state index contributed by atoms with van der Waals surface area (Å²) in [7, 11) is -1.41. The first kappa shape index (κ1) is 25.1. The number of rotatable bonds is 4. The second kappa shape index (κ2) is 9.19. The van der Waals surface area contributed by atoms with Crippen LogP contribution in [0.4, 0.5) is 13.2 Å². The van der Waals surface area contributed by atoms with Crippen molar-refractivity contribution in [1.82, 2.24) is 18.8 Å². The molecule has 1 aliphatic rings. The Morgan fingerprint density at radius 2 is 1.94 bits per heavy atom. The number of hydrogen-bond donors (Lipinski definition) is 0. The van der Waals surface area contributed by atoms with E-state index >= 15 is 0 Å². The second-order valence-electron chi connectivity index (χ2n) is 8.63. The molecule has 0 atom stereocenters. The molecule has 1 aliphatic heterocycles. The largest absolute Gasteiger partial charge is 0.416 e. The highest BCUT2D eigenvalue weighted by Gasteiger charge is 2.32. The van der Waals surface area contributed by atoms with E-state index in [4.69, 9.17) is 0 Å². The molecule has 0 unspecified atom stereocenters. The summed E-state index contributed by atoms with van der Waals surface area (Å²) >= 11 is 0. The van der Waals surface area contributed by atoms with E-state index in [0.717, 1.165) is 22.5 Å². The van der Waals surface area contributed by atoms with Crippen molar-refractivity contribution in [2.75, 3.05) is 19.3 Å². The normalized spacial score (nSPS) is 16.1. The summed E-state index contributed by atoms with van der Waals surface area (Å²) in [6.45, 7) is 3.98. The molecule has 3 heterocycles. The van der Waals surface area contributed by atoms with Gasteiger partial charge in [0, 0.05) is 25.5 Å². The SMILES string of the molecule is Cc1c(C/N=c2\nc(C)n(C)c3cnc(C4=CCN(S(C)(=O)=O)CC4)cc23)cccc1C(F)(F)F. The minimum atomic E-state index is -4.43. The Labute approximate surface area is 201 Å². The fourth-order valence-corrected chi connectivity index (χ4v) is 4.93. The zero-order valence-corrected chi connectivity index (χ0v) is 20.7. The van der Waals surface area contributed by atoms with Crippen LogP contribution in [0.3, 0.4) is 0 Å². The molecule has 0 saturated carbocycles. The second-order valence-corrected chi connectivity index (χ2v) is 10.6. The van der Waals surface area contributed by atoms with Crippen LogP contribution >= 0.6 is 0 Å². The summed E-state index contributed by atoms with van der Waals surface area (Å²) in [5, 5.41) is 0.721. The minimum absolute atomic E-state index is 0.0503. The third-order valence-corrected chi connectivity index (χ3v) is 7.63. The molecule has 35 heavy (non-hydrogen) atoms. The topological polar surface area (TPSA) is 80.5 Å². The molecule has 0 amide bonds. The van der Waals surface area contributed by atoms with Crippen molar-refractivity contribution < 1.29 is 21.6 Å². The maximum Gasteiger partial charge on any atom is 0.416 e. The van der Waals surface area contributed by atoms with Crippen molar-refractivity contribution >= 4 is 26.5 Å². The Bertz CT molecular complexity index is 1510. The summed E-state index contributed by atoms with van der Waals surface area (Å²) in [6.07, 6.45) is 0.852. The lowest BCUT2D eigenvalue weighted by Crippen LogP contribution is -2.33. The van der Waals surface area contributed by atoms with Gasteiger partial charge in [0.1, 0.15) is 5.82 Å². The number of pyridine rings is 1. The van der Waals surface area contributed by atoms with E-state index in [0.29, 0.717) is 35.5 Å². The van der Waals surface area contributed by atoms with Crippen molar-refractivity contribution in [3.05, 3.63) is 70.2 Å². The van der Waals surface area contributed by atoms with Crippen LogP contribution in [0.2, 0.25) is 0 Å². The van der Waals surface area contributed by atoms with Crippen molar-refractivity contribution in [2.45, 2.75) is 33.0 Å². The smallest absolute Gasteiger partial charge is 0.331 e. The van der Waals surface area contributed by atoms with Gasteiger partial charge in [0.15, 0.2) is 5.49 Å². The van der Waals surface area contributed by atoms with E-state index in [1.165, 1.54) is 23.6 Å². The number of aryl methyl sites for hydroxylation is 2. The predicted octanol–water partition coefficient (Wildman–Crippen LogP) is 3.75. The van der Waals surface area contributed by atoms with Gasteiger partial charge in [0.2, 0.25) is 10.0 Å². The van der Waals surface area contributed by atoms with Crippen molar-refractivity contribution in [3.63, 3.8) is 0 Å². The van der Waals surface area contributed by atoms with E-state index in [2.05, 4.69) is 15.0 Å². The van der Waals surface area contributed by atoms with Crippen molar-refractivity contribution in [3.8, 4) is 0 Å². The molecule has 11 heteroatoms. The Hall–Kier alpha value is -3.05. The lowest BCUT2D eigenvalue weighted by molar-refractivity contribution is -0.138. The number of nitrogens with zero attached hydrogens (tertiary/aromatic N) is 5. The van der Waals surface area contributed by atoms with E-state index in [1.54, 1.807) is 12.3 Å². The first-order valence-corrected chi connectivity index (χ1v) is 12.8.